The van der Waals surface area contributed by atoms with Crippen LogP contribution in [0.1, 0.15) is 29.3 Å². The second-order valence-electron chi connectivity index (χ2n) is 7.46. The van der Waals surface area contributed by atoms with E-state index in [-0.39, 0.29) is 0 Å². The van der Waals surface area contributed by atoms with Gasteiger partial charge in [-0.15, -0.1) is 0 Å². The van der Waals surface area contributed by atoms with Crippen molar-refractivity contribution < 1.29 is 9.89 Å². The molecule has 0 aliphatic carbocycles. The number of nitrogens with zero attached hydrogens (tertiary/aromatic N) is 2. The van der Waals surface area contributed by atoms with Crippen molar-refractivity contribution in [2.24, 2.45) is 0 Å². The monoisotopic (exact) mass is 376 g/mol. The van der Waals surface area contributed by atoms with Crippen LogP contribution in [0, 0.1) is 13.8 Å². The number of hydrogen-bond acceptors (Lipinski definition) is 4. The van der Waals surface area contributed by atoms with Crippen molar-refractivity contribution in [2.75, 3.05) is 18.7 Å². The Hall–Kier alpha value is -2.99. The van der Waals surface area contributed by atoms with Crippen molar-refractivity contribution in [3.63, 3.8) is 0 Å². The maximum absolute atomic E-state index is 4.67. The van der Waals surface area contributed by atoms with Crippen LogP contribution in [-0.4, -0.2) is 29.3 Å². The molecule has 1 aliphatic heterocycles. The summed E-state index contributed by atoms with van der Waals surface area (Å²) in [5.41, 5.74) is 5.91. The van der Waals surface area contributed by atoms with Gasteiger partial charge in [0.25, 0.3) is 5.95 Å². The van der Waals surface area contributed by atoms with Crippen LogP contribution in [0.3, 0.4) is 0 Å². The summed E-state index contributed by atoms with van der Waals surface area (Å²) in [6.07, 6.45) is 1.02. The summed E-state index contributed by atoms with van der Waals surface area (Å²) in [4.78, 5) is 14.1. The number of anilines is 1. The number of aryl methyl sites for hydroxylation is 3. The van der Waals surface area contributed by atoms with E-state index in [0.29, 0.717) is 5.95 Å². The van der Waals surface area contributed by atoms with Gasteiger partial charge in [0.2, 0.25) is 0 Å². The third-order valence-electron chi connectivity index (χ3n) is 5.20. The lowest BCUT2D eigenvalue weighted by Gasteiger charge is -2.20. The molecule has 2 aromatic carbocycles. The molecule has 6 nitrogen and oxygen atoms in total. The van der Waals surface area contributed by atoms with Crippen LogP contribution in [0.5, 0.6) is 0 Å². The summed E-state index contributed by atoms with van der Waals surface area (Å²) < 4.78 is 0. The van der Waals surface area contributed by atoms with Gasteiger partial charge in [-0.1, -0.05) is 42.8 Å². The van der Waals surface area contributed by atoms with E-state index in [9.17, 15) is 0 Å². The van der Waals surface area contributed by atoms with Crippen LogP contribution in [0.25, 0.3) is 10.9 Å². The van der Waals surface area contributed by atoms with Crippen molar-refractivity contribution in [1.29, 1.82) is 0 Å². The molecule has 0 spiro atoms. The van der Waals surface area contributed by atoms with Crippen LogP contribution in [0.2, 0.25) is 0 Å². The summed E-state index contributed by atoms with van der Waals surface area (Å²) in [6.45, 7) is 8.99. The van der Waals surface area contributed by atoms with E-state index in [1.165, 1.54) is 21.6 Å². The SMILES string of the molecule is CCc1ccc2nc(NC3=[NH+]C[NH+](Cc4ccc(C)cc4)CN3)nc(C)c2c1. The van der Waals surface area contributed by atoms with Crippen molar-refractivity contribution in [3.05, 3.63) is 64.8 Å². The number of aromatic nitrogens is 2. The Labute approximate surface area is 165 Å². The molecule has 1 unspecified atom stereocenters. The largest absolute Gasteiger partial charge is 0.359 e. The highest BCUT2D eigenvalue weighted by atomic mass is 15.4. The first-order chi connectivity index (χ1) is 13.6. The highest BCUT2D eigenvalue weighted by molar-refractivity contribution is 5.89. The minimum absolute atomic E-state index is 0.617. The van der Waals surface area contributed by atoms with Gasteiger partial charge in [0.05, 0.1) is 11.2 Å². The molecule has 4 rings (SSSR count). The lowest BCUT2D eigenvalue weighted by atomic mass is 10.1. The molecule has 0 fully saturated rings. The maximum Gasteiger partial charge on any atom is 0.359 e. The zero-order chi connectivity index (χ0) is 19.5. The standard InChI is InChI=1S/C22H26N6/c1-4-17-9-10-20-19(11-17)16(3)25-22(26-20)27-21-23-13-28(14-24-21)12-18-7-5-15(2)6-8-18/h5-11H,4,12-14H2,1-3H3,(H2,23,24,25,26,27)/p+2. The molecule has 28 heavy (non-hydrogen) atoms. The van der Waals surface area contributed by atoms with Gasteiger partial charge in [-0.2, -0.15) is 4.98 Å². The van der Waals surface area contributed by atoms with Crippen molar-refractivity contribution >= 4 is 22.8 Å². The number of rotatable bonds is 4. The third-order valence-corrected chi connectivity index (χ3v) is 5.20. The van der Waals surface area contributed by atoms with E-state index in [1.807, 2.05) is 6.92 Å². The smallest absolute Gasteiger partial charge is 0.273 e. The molecule has 3 aromatic rings. The summed E-state index contributed by atoms with van der Waals surface area (Å²) in [7, 11) is 0. The van der Waals surface area contributed by atoms with E-state index >= 15 is 0 Å². The Bertz CT molecular complexity index is 1010. The van der Waals surface area contributed by atoms with E-state index < -0.39 is 0 Å². The van der Waals surface area contributed by atoms with Crippen molar-refractivity contribution in [3.8, 4) is 0 Å². The van der Waals surface area contributed by atoms with Gasteiger partial charge < -0.3 is 0 Å². The number of quaternary nitrogens is 1. The molecule has 1 aromatic heterocycles. The predicted molar refractivity (Wildman–Crippen MR) is 112 cm³/mol. The molecule has 0 saturated heterocycles. The zero-order valence-electron chi connectivity index (χ0n) is 16.8. The normalized spacial score (nSPS) is 16.5. The Morgan fingerprint density at radius 1 is 1.07 bits per heavy atom. The number of guanidine groups is 1. The molecule has 1 atom stereocenters. The fourth-order valence-electron chi connectivity index (χ4n) is 3.48. The molecule has 0 bridgehead atoms. The van der Waals surface area contributed by atoms with Gasteiger partial charge in [0, 0.05) is 10.9 Å². The maximum atomic E-state index is 4.67. The summed E-state index contributed by atoms with van der Waals surface area (Å²) >= 11 is 0. The molecular formula is C22H28N6+2. The van der Waals surface area contributed by atoms with Crippen molar-refractivity contribution in [2.45, 2.75) is 33.7 Å². The second kappa shape index (κ2) is 7.94. The number of nitrogens with one attached hydrogen (secondary N) is 4. The molecule has 0 saturated carbocycles. The highest BCUT2D eigenvalue weighted by Crippen LogP contribution is 2.19. The Morgan fingerprint density at radius 2 is 1.86 bits per heavy atom. The van der Waals surface area contributed by atoms with Crippen molar-refractivity contribution in [1.82, 2.24) is 15.3 Å². The predicted octanol–water partition coefficient (Wildman–Crippen LogP) is 0.261. The highest BCUT2D eigenvalue weighted by Gasteiger charge is 2.21. The average molecular weight is 377 g/mol. The van der Waals surface area contributed by atoms with Gasteiger partial charge in [-0.05, 0) is 38.0 Å². The number of benzene rings is 2. The van der Waals surface area contributed by atoms with Gasteiger partial charge in [0.1, 0.15) is 6.54 Å². The molecule has 0 radical (unpaired) electrons. The zero-order valence-corrected chi connectivity index (χ0v) is 16.8. The second-order valence-corrected chi connectivity index (χ2v) is 7.46. The fraction of sp³-hybridized carbons (Fsp3) is 0.318. The minimum atomic E-state index is 0.617. The quantitative estimate of drug-likeness (QED) is 0.527. The fourth-order valence-corrected chi connectivity index (χ4v) is 3.48. The summed E-state index contributed by atoms with van der Waals surface area (Å²) in [6, 6.07) is 15.1. The third kappa shape index (κ3) is 4.12. The number of fused-ring (bicyclic) bond motifs is 1. The Kier molecular flexibility index (Phi) is 5.21. The molecule has 0 amide bonds. The molecule has 144 valence electrons. The van der Waals surface area contributed by atoms with Crippen LogP contribution >= 0.6 is 0 Å². The molecule has 1 aliphatic rings. The van der Waals surface area contributed by atoms with Gasteiger partial charge in [0.15, 0.2) is 13.3 Å². The average Bonchev–Trinajstić information content (AvgIpc) is 2.71. The van der Waals surface area contributed by atoms with Crippen LogP contribution < -0.4 is 20.5 Å². The van der Waals surface area contributed by atoms with E-state index in [2.05, 4.69) is 81.9 Å². The van der Waals surface area contributed by atoms with Crippen LogP contribution in [-0.2, 0) is 13.0 Å². The minimum Gasteiger partial charge on any atom is -0.273 e. The summed E-state index contributed by atoms with van der Waals surface area (Å²) in [5, 5.41) is 7.82. The summed E-state index contributed by atoms with van der Waals surface area (Å²) in [5.74, 6) is 1.47. The molecule has 6 heteroatoms. The van der Waals surface area contributed by atoms with Gasteiger partial charge in [-0.3, -0.25) is 4.90 Å². The van der Waals surface area contributed by atoms with Crippen LogP contribution in [0.4, 0.5) is 5.95 Å². The first-order valence-corrected chi connectivity index (χ1v) is 9.89. The Balaban J connectivity index is 1.43. The number of hydrogen-bond donors (Lipinski definition) is 4. The van der Waals surface area contributed by atoms with E-state index in [4.69, 9.17) is 0 Å². The molecule has 4 N–H and O–H groups in total. The first kappa shape index (κ1) is 18.4. The molecular weight excluding hydrogens is 348 g/mol. The lowest BCUT2D eigenvalue weighted by Crippen LogP contribution is -3.23. The van der Waals surface area contributed by atoms with Gasteiger partial charge >= 0.3 is 5.96 Å². The molecule has 2 heterocycles. The van der Waals surface area contributed by atoms with Crippen LogP contribution in [0.15, 0.2) is 42.5 Å². The first-order valence-electron chi connectivity index (χ1n) is 9.89. The van der Waals surface area contributed by atoms with E-state index in [1.54, 1.807) is 0 Å². The lowest BCUT2D eigenvalue weighted by molar-refractivity contribution is -0.991. The van der Waals surface area contributed by atoms with E-state index in [0.717, 1.165) is 48.9 Å². The topological polar surface area (TPSA) is 68.2 Å². The Morgan fingerprint density at radius 3 is 2.57 bits per heavy atom. The van der Waals surface area contributed by atoms with Gasteiger partial charge in [-0.25, -0.2) is 20.6 Å².